The molecule has 7 heteroatoms. The van der Waals surface area contributed by atoms with Crippen molar-refractivity contribution in [3.05, 3.63) is 57.7 Å². The van der Waals surface area contributed by atoms with E-state index in [1.54, 1.807) is 6.92 Å². The smallest absolute Gasteiger partial charge is 0.345 e. The zero-order valence-corrected chi connectivity index (χ0v) is 12.5. The predicted octanol–water partition coefficient (Wildman–Crippen LogP) is 1.87. The van der Waals surface area contributed by atoms with Gasteiger partial charge in [0.25, 0.3) is 5.56 Å². The molecule has 0 spiro atoms. The van der Waals surface area contributed by atoms with Crippen molar-refractivity contribution in [3.8, 4) is 0 Å². The minimum Gasteiger partial charge on any atom is -0.462 e. The number of nitrogens with zero attached hydrogens (tertiary/aromatic N) is 1. The van der Waals surface area contributed by atoms with Crippen LogP contribution in [0.4, 0.5) is 5.69 Å². The number of ether oxygens (including phenoxy) is 1. The van der Waals surface area contributed by atoms with Crippen LogP contribution in [0.2, 0.25) is 0 Å². The normalized spacial score (nSPS) is 10.8. The number of benzene rings is 1. The van der Waals surface area contributed by atoms with Crippen molar-refractivity contribution in [2.45, 2.75) is 13.3 Å². The summed E-state index contributed by atoms with van der Waals surface area (Å²) in [6, 6.07) is 9.60. The van der Waals surface area contributed by atoms with Gasteiger partial charge < -0.3 is 14.9 Å². The summed E-state index contributed by atoms with van der Waals surface area (Å²) in [5.41, 5.74) is 6.37. The second-order valence-corrected chi connectivity index (χ2v) is 4.91. The maximum Gasteiger partial charge on any atom is 0.345 e. The summed E-state index contributed by atoms with van der Waals surface area (Å²) in [7, 11) is 0. The summed E-state index contributed by atoms with van der Waals surface area (Å²) in [6.45, 7) is 1.79. The van der Waals surface area contributed by atoms with E-state index in [0.717, 1.165) is 5.56 Å². The Hall–Kier alpha value is -3.09. The zero-order chi connectivity index (χ0) is 16.4. The molecule has 1 aromatic carbocycles. The first-order chi connectivity index (χ1) is 11.1. The maximum absolute atomic E-state index is 12.0. The molecule has 3 rings (SSSR count). The Morgan fingerprint density at radius 2 is 2.09 bits per heavy atom. The Morgan fingerprint density at radius 1 is 1.35 bits per heavy atom. The number of H-pyrrole nitrogens is 1. The molecule has 2 heterocycles. The highest BCUT2D eigenvalue weighted by molar-refractivity contribution is 6.01. The number of oxazole rings is 1. The number of fused-ring (bicyclic) bond motifs is 1. The van der Waals surface area contributed by atoms with Crippen molar-refractivity contribution in [2.24, 2.45) is 0 Å². The van der Waals surface area contributed by atoms with E-state index >= 15 is 0 Å². The number of rotatable bonds is 4. The van der Waals surface area contributed by atoms with Gasteiger partial charge in [0.05, 0.1) is 12.3 Å². The van der Waals surface area contributed by atoms with Crippen LogP contribution in [0.25, 0.3) is 11.2 Å². The fourth-order valence-corrected chi connectivity index (χ4v) is 2.29. The van der Waals surface area contributed by atoms with Crippen molar-refractivity contribution < 1.29 is 13.9 Å². The zero-order valence-electron chi connectivity index (χ0n) is 12.5. The highest BCUT2D eigenvalue weighted by Crippen LogP contribution is 2.22. The van der Waals surface area contributed by atoms with Crippen molar-refractivity contribution in [1.29, 1.82) is 0 Å². The van der Waals surface area contributed by atoms with Crippen molar-refractivity contribution >= 4 is 22.9 Å². The summed E-state index contributed by atoms with van der Waals surface area (Å²) in [5, 5.41) is 0. The quantitative estimate of drug-likeness (QED) is 0.711. The van der Waals surface area contributed by atoms with Crippen LogP contribution >= 0.6 is 0 Å². The van der Waals surface area contributed by atoms with Crippen molar-refractivity contribution in [3.63, 3.8) is 0 Å². The fraction of sp³-hybridized carbons (Fsp3) is 0.188. The number of nitrogens with one attached hydrogen (secondary N) is 1. The first-order valence-electron chi connectivity index (χ1n) is 7.12. The van der Waals surface area contributed by atoms with Gasteiger partial charge in [-0.05, 0) is 12.5 Å². The molecular formula is C16H15N3O4. The lowest BCUT2D eigenvalue weighted by Gasteiger charge is -2.03. The van der Waals surface area contributed by atoms with E-state index in [0.29, 0.717) is 12.3 Å². The number of anilines is 1. The molecule has 0 fully saturated rings. The van der Waals surface area contributed by atoms with Gasteiger partial charge in [-0.15, -0.1) is 0 Å². The fourth-order valence-electron chi connectivity index (χ4n) is 2.29. The highest BCUT2D eigenvalue weighted by Gasteiger charge is 2.22. The van der Waals surface area contributed by atoms with Crippen LogP contribution in [0.3, 0.4) is 0 Å². The van der Waals surface area contributed by atoms with Crippen molar-refractivity contribution in [2.75, 3.05) is 12.3 Å². The number of nitrogen functional groups attached to an aromatic ring is 1. The molecule has 3 N–H and O–H groups in total. The van der Waals surface area contributed by atoms with Crippen LogP contribution in [0.5, 0.6) is 0 Å². The molecule has 0 unspecified atom stereocenters. The minimum absolute atomic E-state index is 0.0368. The van der Waals surface area contributed by atoms with Crippen LogP contribution in [-0.2, 0) is 11.2 Å². The molecule has 0 aliphatic heterocycles. The van der Waals surface area contributed by atoms with Gasteiger partial charge in [-0.25, -0.2) is 9.78 Å². The van der Waals surface area contributed by atoms with Crippen LogP contribution in [0, 0.1) is 0 Å². The van der Waals surface area contributed by atoms with Gasteiger partial charge in [-0.1, -0.05) is 30.3 Å². The van der Waals surface area contributed by atoms with Crippen molar-refractivity contribution in [1.82, 2.24) is 9.97 Å². The van der Waals surface area contributed by atoms with Gasteiger partial charge in [0.1, 0.15) is 5.56 Å². The average Bonchev–Trinajstić information content (AvgIpc) is 2.91. The molecule has 2 aromatic heterocycles. The number of pyridine rings is 1. The first-order valence-corrected chi connectivity index (χ1v) is 7.12. The monoisotopic (exact) mass is 313 g/mol. The summed E-state index contributed by atoms with van der Waals surface area (Å²) in [4.78, 5) is 30.6. The molecule has 0 amide bonds. The van der Waals surface area contributed by atoms with E-state index in [4.69, 9.17) is 14.9 Å². The molecule has 3 aromatic rings. The lowest BCUT2D eigenvalue weighted by Crippen LogP contribution is -2.22. The van der Waals surface area contributed by atoms with Gasteiger partial charge >= 0.3 is 5.97 Å². The topological polar surface area (TPSA) is 111 Å². The summed E-state index contributed by atoms with van der Waals surface area (Å²) in [6.07, 6.45) is 0.450. The SMILES string of the molecule is CCOC(=O)c1c(N)c2nc(Cc3ccccc3)oc2[nH]c1=O. The summed E-state index contributed by atoms with van der Waals surface area (Å²) >= 11 is 0. The Morgan fingerprint density at radius 3 is 2.78 bits per heavy atom. The highest BCUT2D eigenvalue weighted by atomic mass is 16.5. The largest absolute Gasteiger partial charge is 0.462 e. The molecule has 0 radical (unpaired) electrons. The molecule has 118 valence electrons. The molecule has 0 aliphatic carbocycles. The van der Waals surface area contributed by atoms with Gasteiger partial charge in [0.2, 0.25) is 11.6 Å². The molecule has 0 aliphatic rings. The number of carbonyl (C=O) groups is 1. The third kappa shape index (κ3) is 2.80. The van der Waals surface area contributed by atoms with E-state index < -0.39 is 11.5 Å². The third-order valence-electron chi connectivity index (χ3n) is 3.33. The van der Waals surface area contributed by atoms with Crippen LogP contribution in [-0.4, -0.2) is 22.5 Å². The molecule has 7 nitrogen and oxygen atoms in total. The van der Waals surface area contributed by atoms with E-state index in [-0.39, 0.29) is 29.1 Å². The Balaban J connectivity index is 2.05. The standard InChI is InChI=1S/C16H15N3O4/c1-2-22-16(21)11-12(17)13-15(19-14(11)20)23-10(18-13)8-9-6-4-3-5-7-9/h3-7H,2,8H2,1H3,(H3,17,19,20). The number of esters is 1. The first kappa shape index (κ1) is 14.8. The molecule has 0 atom stereocenters. The molecule has 0 bridgehead atoms. The van der Waals surface area contributed by atoms with E-state index in [9.17, 15) is 9.59 Å². The second-order valence-electron chi connectivity index (χ2n) is 4.91. The minimum atomic E-state index is -0.777. The Labute approximate surface area is 131 Å². The molecular weight excluding hydrogens is 298 g/mol. The number of aromatic amines is 1. The maximum atomic E-state index is 12.0. The summed E-state index contributed by atoms with van der Waals surface area (Å²) < 4.78 is 10.4. The van der Waals surface area contributed by atoms with Gasteiger partial charge in [0.15, 0.2) is 5.52 Å². The molecule has 23 heavy (non-hydrogen) atoms. The molecule has 0 saturated carbocycles. The Bertz CT molecular complexity index is 912. The number of nitrogens with two attached hydrogens (primary N) is 1. The number of aromatic nitrogens is 2. The van der Waals surface area contributed by atoms with Crippen LogP contribution < -0.4 is 11.3 Å². The number of carbonyl (C=O) groups excluding carboxylic acids is 1. The third-order valence-corrected chi connectivity index (χ3v) is 3.33. The van der Waals surface area contributed by atoms with Gasteiger partial charge in [0, 0.05) is 6.42 Å². The van der Waals surface area contributed by atoms with E-state index in [2.05, 4.69) is 9.97 Å². The Kier molecular flexibility index (Phi) is 3.84. The number of hydrogen-bond donors (Lipinski definition) is 2. The lowest BCUT2D eigenvalue weighted by atomic mass is 10.1. The van der Waals surface area contributed by atoms with Gasteiger partial charge in [-0.3, -0.25) is 9.78 Å². The summed E-state index contributed by atoms with van der Waals surface area (Å²) in [5.74, 6) is -0.379. The lowest BCUT2D eigenvalue weighted by molar-refractivity contribution is 0.0525. The van der Waals surface area contributed by atoms with Crippen LogP contribution in [0.15, 0.2) is 39.5 Å². The van der Waals surface area contributed by atoms with E-state index in [1.807, 2.05) is 30.3 Å². The van der Waals surface area contributed by atoms with E-state index in [1.165, 1.54) is 0 Å². The van der Waals surface area contributed by atoms with Crippen LogP contribution in [0.1, 0.15) is 28.7 Å². The average molecular weight is 313 g/mol. The number of hydrogen-bond acceptors (Lipinski definition) is 6. The second kappa shape index (κ2) is 5.96. The molecule has 0 saturated heterocycles. The predicted molar refractivity (Wildman–Crippen MR) is 84.2 cm³/mol. The van der Waals surface area contributed by atoms with Gasteiger partial charge in [-0.2, -0.15) is 0 Å².